The Morgan fingerprint density at radius 1 is 0.476 bits per heavy atom. The molecule has 3 heteroatoms. The Bertz CT molecular complexity index is 3510. The Balaban J connectivity index is 1.03. The lowest BCUT2D eigenvalue weighted by molar-refractivity contribution is 0.671. The van der Waals surface area contributed by atoms with Crippen molar-refractivity contribution >= 4 is 60.7 Å². The monoisotopic (exact) mass is 806 g/mol. The molecule has 0 saturated heterocycles. The molecule has 3 nitrogen and oxygen atoms in total. The third-order valence-electron chi connectivity index (χ3n) is 12.7. The average molecular weight is 807 g/mol. The van der Waals surface area contributed by atoms with Gasteiger partial charge < -0.3 is 13.9 Å². The van der Waals surface area contributed by atoms with Crippen LogP contribution in [0.5, 0.6) is 0 Å². The molecule has 63 heavy (non-hydrogen) atoms. The average Bonchev–Trinajstić information content (AvgIpc) is 3.92. The van der Waals surface area contributed by atoms with Crippen molar-refractivity contribution < 1.29 is 4.42 Å². The minimum atomic E-state index is 0.0426. The maximum atomic E-state index is 6.80. The van der Waals surface area contributed by atoms with E-state index in [1.54, 1.807) is 0 Å². The molecule has 298 valence electrons. The molecule has 1 aliphatic rings. The molecule has 0 radical (unpaired) electrons. The van der Waals surface area contributed by atoms with Crippen LogP contribution in [0.4, 0.5) is 11.4 Å². The number of para-hydroxylation sites is 3. The number of furan rings is 1. The van der Waals surface area contributed by atoms with Gasteiger partial charge >= 0.3 is 0 Å². The fraction of sp³-hybridized carbons (Fsp3) is 0.0333. The Morgan fingerprint density at radius 2 is 1.06 bits per heavy atom. The third kappa shape index (κ3) is 6.36. The van der Waals surface area contributed by atoms with Gasteiger partial charge in [-0.3, -0.25) is 0 Å². The summed E-state index contributed by atoms with van der Waals surface area (Å²) in [5.74, 6) is 0. The number of hydrogen-bond donors (Lipinski definition) is 0. The Labute approximate surface area is 366 Å². The summed E-state index contributed by atoms with van der Waals surface area (Å²) < 4.78 is 9.19. The van der Waals surface area contributed by atoms with E-state index in [1.165, 1.54) is 61.0 Å². The van der Waals surface area contributed by atoms with Crippen molar-refractivity contribution in [2.45, 2.75) is 12.5 Å². The largest absolute Gasteiger partial charge is 0.454 e. The molecule has 1 unspecified atom stereocenters. The Kier molecular flexibility index (Phi) is 8.97. The van der Waals surface area contributed by atoms with E-state index in [1.807, 2.05) is 0 Å². The van der Waals surface area contributed by atoms with Crippen molar-refractivity contribution in [2.75, 3.05) is 4.90 Å². The zero-order chi connectivity index (χ0) is 41.7. The molecule has 1 aliphatic carbocycles. The lowest BCUT2D eigenvalue weighted by Crippen LogP contribution is -2.30. The van der Waals surface area contributed by atoms with Crippen molar-refractivity contribution in [3.8, 4) is 39.1 Å². The standard InChI is InChI=1S/C60H42N2O/c1-5-17-41(18-6-1)43-29-34-48(35-30-43)61(56-38-33-46(42-19-7-2-8-20-42)39-52(56)44-21-9-3-10-22-44)49-36-31-45(32-37-49)53-40-54-50-25-14-16-28-57(50)63-60(54)59-58(53)51-26-13-15-27-55(51)62(59)47-23-11-4-12-24-47/h1-36,38-40,49H,37H2. The summed E-state index contributed by atoms with van der Waals surface area (Å²) >= 11 is 0. The van der Waals surface area contributed by atoms with Gasteiger partial charge in [0.25, 0.3) is 0 Å². The molecule has 0 amide bonds. The van der Waals surface area contributed by atoms with Gasteiger partial charge in [0.05, 0.1) is 17.1 Å². The summed E-state index contributed by atoms with van der Waals surface area (Å²) in [6, 6.07) is 78.5. The molecule has 0 N–H and O–H groups in total. The predicted molar refractivity (Wildman–Crippen MR) is 265 cm³/mol. The molecule has 0 fully saturated rings. The fourth-order valence-corrected chi connectivity index (χ4v) is 9.76. The van der Waals surface area contributed by atoms with Gasteiger partial charge in [0, 0.05) is 44.2 Å². The van der Waals surface area contributed by atoms with Crippen LogP contribution >= 0.6 is 0 Å². The molecule has 0 spiro atoms. The second kappa shape index (κ2) is 15.4. The van der Waals surface area contributed by atoms with Crippen LogP contribution in [-0.4, -0.2) is 10.6 Å². The van der Waals surface area contributed by atoms with E-state index in [-0.39, 0.29) is 6.04 Å². The van der Waals surface area contributed by atoms with Gasteiger partial charge in [-0.25, -0.2) is 0 Å². The van der Waals surface area contributed by atoms with Crippen LogP contribution in [0.1, 0.15) is 12.0 Å². The first-order valence-electron chi connectivity index (χ1n) is 21.8. The van der Waals surface area contributed by atoms with Gasteiger partial charge in [-0.2, -0.15) is 0 Å². The van der Waals surface area contributed by atoms with E-state index in [9.17, 15) is 0 Å². The molecule has 0 bridgehead atoms. The summed E-state index contributed by atoms with van der Waals surface area (Å²) in [6.45, 7) is 0. The molecule has 0 aliphatic heterocycles. The minimum absolute atomic E-state index is 0.0426. The van der Waals surface area contributed by atoms with Crippen molar-refractivity contribution in [1.29, 1.82) is 0 Å². The smallest absolute Gasteiger partial charge is 0.160 e. The van der Waals surface area contributed by atoms with Gasteiger partial charge in [-0.05, 0) is 100.0 Å². The fourth-order valence-electron chi connectivity index (χ4n) is 9.76. The Hall–Kier alpha value is -8.14. The highest BCUT2D eigenvalue weighted by Crippen LogP contribution is 2.46. The number of aromatic nitrogens is 1. The zero-order valence-electron chi connectivity index (χ0n) is 34.6. The SMILES string of the molecule is C1=CC(N(c2ccc(-c3ccccc3)cc2)c2ccc(-c3ccccc3)cc2-c2ccccc2)CC=C1c1cc2c3ccccc3oc2c2c1c1ccccc1n2-c1ccccc1. The van der Waals surface area contributed by atoms with Gasteiger partial charge in [0.2, 0.25) is 0 Å². The number of rotatable bonds is 8. The molecular weight excluding hydrogens is 765 g/mol. The first-order valence-corrected chi connectivity index (χ1v) is 21.8. The van der Waals surface area contributed by atoms with Crippen LogP contribution in [0.3, 0.4) is 0 Å². The Morgan fingerprint density at radius 3 is 1.76 bits per heavy atom. The number of fused-ring (bicyclic) bond motifs is 7. The summed E-state index contributed by atoms with van der Waals surface area (Å²) in [5.41, 5.74) is 17.1. The highest BCUT2D eigenvalue weighted by atomic mass is 16.3. The van der Waals surface area contributed by atoms with E-state index in [0.717, 1.165) is 50.8 Å². The first-order chi connectivity index (χ1) is 31.3. The number of benzene rings is 9. The van der Waals surface area contributed by atoms with Crippen molar-refractivity contribution in [2.24, 2.45) is 0 Å². The third-order valence-corrected chi connectivity index (χ3v) is 12.7. The second-order valence-corrected chi connectivity index (χ2v) is 16.4. The molecule has 2 aromatic heterocycles. The first kappa shape index (κ1) is 36.7. The molecule has 9 aromatic carbocycles. The summed E-state index contributed by atoms with van der Waals surface area (Å²) in [6.07, 6.45) is 8.04. The quantitative estimate of drug-likeness (QED) is 0.153. The van der Waals surface area contributed by atoms with E-state index in [4.69, 9.17) is 4.42 Å². The van der Waals surface area contributed by atoms with Crippen molar-refractivity contribution in [3.63, 3.8) is 0 Å². The van der Waals surface area contributed by atoms with Crippen molar-refractivity contribution in [1.82, 2.24) is 4.57 Å². The maximum Gasteiger partial charge on any atom is 0.160 e. The van der Waals surface area contributed by atoms with E-state index in [0.29, 0.717) is 0 Å². The summed E-state index contributed by atoms with van der Waals surface area (Å²) in [5, 5.41) is 4.65. The normalized spacial score (nSPS) is 13.8. The molecular formula is C60H42N2O. The van der Waals surface area contributed by atoms with Crippen LogP contribution in [0.15, 0.2) is 241 Å². The van der Waals surface area contributed by atoms with Crippen LogP contribution in [0, 0.1) is 0 Å². The second-order valence-electron chi connectivity index (χ2n) is 16.4. The lowest BCUT2D eigenvalue weighted by Gasteiger charge is -2.35. The zero-order valence-corrected chi connectivity index (χ0v) is 34.6. The molecule has 11 aromatic rings. The molecule has 1 atom stereocenters. The van der Waals surface area contributed by atoms with Crippen LogP contribution < -0.4 is 4.90 Å². The summed E-state index contributed by atoms with van der Waals surface area (Å²) in [7, 11) is 0. The number of allylic oxidation sites excluding steroid dienone is 2. The van der Waals surface area contributed by atoms with E-state index >= 15 is 0 Å². The lowest BCUT2D eigenvalue weighted by atomic mass is 9.90. The summed E-state index contributed by atoms with van der Waals surface area (Å²) in [4.78, 5) is 2.54. The van der Waals surface area contributed by atoms with Crippen LogP contribution in [0.2, 0.25) is 0 Å². The minimum Gasteiger partial charge on any atom is -0.454 e. The molecule has 0 saturated carbocycles. The van der Waals surface area contributed by atoms with Crippen LogP contribution in [0.25, 0.3) is 88.4 Å². The highest BCUT2D eigenvalue weighted by Gasteiger charge is 2.27. The van der Waals surface area contributed by atoms with Gasteiger partial charge in [0.15, 0.2) is 5.58 Å². The topological polar surface area (TPSA) is 21.3 Å². The van der Waals surface area contributed by atoms with E-state index < -0.39 is 0 Å². The maximum absolute atomic E-state index is 6.80. The number of nitrogens with zero attached hydrogens (tertiary/aromatic N) is 2. The van der Waals surface area contributed by atoms with E-state index in [2.05, 4.69) is 246 Å². The predicted octanol–water partition coefficient (Wildman–Crippen LogP) is 16.2. The van der Waals surface area contributed by atoms with Crippen molar-refractivity contribution in [3.05, 3.63) is 242 Å². The molecule has 2 heterocycles. The van der Waals surface area contributed by atoms with Gasteiger partial charge in [0.1, 0.15) is 5.58 Å². The number of hydrogen-bond acceptors (Lipinski definition) is 2. The highest BCUT2D eigenvalue weighted by molar-refractivity contribution is 6.25. The number of anilines is 2. The van der Waals surface area contributed by atoms with Gasteiger partial charge in [-0.1, -0.05) is 182 Å². The van der Waals surface area contributed by atoms with Crippen LogP contribution in [-0.2, 0) is 0 Å². The molecule has 12 rings (SSSR count). The van der Waals surface area contributed by atoms with Gasteiger partial charge in [-0.15, -0.1) is 0 Å².